The van der Waals surface area contributed by atoms with E-state index in [0.29, 0.717) is 43.3 Å². The largest absolute Gasteiger partial charge is 0.504 e. The van der Waals surface area contributed by atoms with Crippen molar-refractivity contribution in [1.82, 2.24) is 0 Å². The Labute approximate surface area is 272 Å². The van der Waals surface area contributed by atoms with Crippen LogP contribution in [0.5, 0.6) is 28.7 Å². The molecule has 0 saturated heterocycles. The van der Waals surface area contributed by atoms with Crippen LogP contribution >= 0.6 is 0 Å². The molecule has 0 aromatic heterocycles. The first-order chi connectivity index (χ1) is 21.6. The predicted molar refractivity (Wildman–Crippen MR) is 188 cm³/mol. The van der Waals surface area contributed by atoms with Crippen molar-refractivity contribution in [1.29, 1.82) is 0 Å². The maximum atomic E-state index is 11.2. The lowest BCUT2D eigenvalue weighted by molar-refractivity contribution is 0.222. The summed E-state index contributed by atoms with van der Waals surface area (Å²) in [5.74, 6) is 1.02. The van der Waals surface area contributed by atoms with E-state index >= 15 is 0 Å². The van der Waals surface area contributed by atoms with Gasteiger partial charge in [-0.3, -0.25) is 0 Å². The molecule has 1 aromatic rings. The number of unbranched alkanes of at least 4 members (excludes halogenated alkanes) is 21. The van der Waals surface area contributed by atoms with E-state index in [4.69, 9.17) is 14.2 Å². The van der Waals surface area contributed by atoms with Gasteiger partial charge in [-0.05, 0) is 32.1 Å². The number of rotatable bonds is 32. The van der Waals surface area contributed by atoms with Crippen LogP contribution in [0.3, 0.4) is 0 Å². The molecule has 0 radical (unpaired) electrons. The number of benzene rings is 1. The minimum atomic E-state index is -0.198. The highest BCUT2D eigenvalue weighted by Gasteiger charge is 2.27. The zero-order valence-electron chi connectivity index (χ0n) is 29.6. The molecule has 5 nitrogen and oxygen atoms in total. The molecule has 1 rings (SSSR count). The standard InChI is InChI=1S/C39H72O5/c1-5-9-13-17-20-23-27-31-42-37-34(30-26-16-12-8-4)35(40)36(41)38(43-32-28-24-21-18-14-10-6-2)39(37)44-33-29-25-22-19-15-11-7-3/h40-41H,5-33H2,1-4H3. The molecule has 0 bridgehead atoms. The average Bonchev–Trinajstić information content (AvgIpc) is 3.03. The maximum absolute atomic E-state index is 11.2. The summed E-state index contributed by atoms with van der Waals surface area (Å²) in [4.78, 5) is 0. The van der Waals surface area contributed by atoms with Crippen LogP contribution in [-0.2, 0) is 6.42 Å². The van der Waals surface area contributed by atoms with Gasteiger partial charge >= 0.3 is 0 Å². The highest BCUT2D eigenvalue weighted by molar-refractivity contribution is 5.69. The Morgan fingerprint density at radius 3 is 1.07 bits per heavy atom. The summed E-state index contributed by atoms with van der Waals surface area (Å²) in [6, 6.07) is 0. The zero-order chi connectivity index (χ0) is 32.1. The number of hydrogen-bond acceptors (Lipinski definition) is 5. The summed E-state index contributed by atoms with van der Waals surface area (Å²) >= 11 is 0. The molecule has 0 unspecified atom stereocenters. The van der Waals surface area contributed by atoms with Crippen LogP contribution in [0.4, 0.5) is 0 Å². The summed E-state index contributed by atoms with van der Waals surface area (Å²) in [5.41, 5.74) is 0.666. The van der Waals surface area contributed by atoms with Gasteiger partial charge in [0, 0.05) is 5.56 Å². The van der Waals surface area contributed by atoms with Gasteiger partial charge in [-0.1, -0.05) is 163 Å². The van der Waals surface area contributed by atoms with Crippen molar-refractivity contribution in [2.45, 2.75) is 195 Å². The Hall–Kier alpha value is -1.78. The molecule has 0 spiro atoms. The monoisotopic (exact) mass is 621 g/mol. The molecule has 0 heterocycles. The zero-order valence-corrected chi connectivity index (χ0v) is 29.6. The minimum Gasteiger partial charge on any atom is -0.504 e. The highest BCUT2D eigenvalue weighted by Crippen LogP contribution is 2.53. The molecular weight excluding hydrogens is 548 g/mol. The molecular formula is C39H72O5. The van der Waals surface area contributed by atoms with Crippen molar-refractivity contribution in [2.24, 2.45) is 0 Å². The van der Waals surface area contributed by atoms with Crippen molar-refractivity contribution >= 4 is 0 Å². The van der Waals surface area contributed by atoms with E-state index in [1.54, 1.807) is 0 Å². The maximum Gasteiger partial charge on any atom is 0.211 e. The molecule has 44 heavy (non-hydrogen) atoms. The Morgan fingerprint density at radius 1 is 0.341 bits per heavy atom. The second-order valence-corrected chi connectivity index (χ2v) is 12.9. The highest BCUT2D eigenvalue weighted by atomic mass is 16.5. The molecule has 0 fully saturated rings. The Bertz CT molecular complexity index is 793. The van der Waals surface area contributed by atoms with Crippen LogP contribution in [0.2, 0.25) is 0 Å². The second-order valence-electron chi connectivity index (χ2n) is 12.9. The summed E-state index contributed by atoms with van der Waals surface area (Å²) in [7, 11) is 0. The van der Waals surface area contributed by atoms with E-state index in [1.165, 1.54) is 96.3 Å². The van der Waals surface area contributed by atoms with Gasteiger partial charge in [0.2, 0.25) is 17.2 Å². The van der Waals surface area contributed by atoms with Gasteiger partial charge in [0.15, 0.2) is 11.5 Å². The van der Waals surface area contributed by atoms with Crippen LogP contribution in [0, 0.1) is 0 Å². The Morgan fingerprint density at radius 2 is 0.659 bits per heavy atom. The van der Waals surface area contributed by atoms with Crippen LogP contribution in [0.25, 0.3) is 0 Å². The lowest BCUT2D eigenvalue weighted by Crippen LogP contribution is -2.09. The van der Waals surface area contributed by atoms with E-state index in [-0.39, 0.29) is 17.2 Å². The fraction of sp³-hybridized carbons (Fsp3) is 0.846. The first kappa shape index (κ1) is 40.2. The average molecular weight is 621 g/mol. The minimum absolute atomic E-state index is 0.103. The summed E-state index contributed by atoms with van der Waals surface area (Å²) in [6.45, 7) is 10.6. The van der Waals surface area contributed by atoms with E-state index < -0.39 is 0 Å². The SMILES string of the molecule is CCCCCCCCCOc1c(O)c(O)c(CCCCCC)c(OCCCCCCCCC)c1OCCCCCCCCC. The number of phenolic OH excluding ortho intramolecular Hbond substituents is 2. The first-order valence-corrected chi connectivity index (χ1v) is 19.1. The Kier molecular flexibility index (Phi) is 26.2. The van der Waals surface area contributed by atoms with Crippen LogP contribution < -0.4 is 14.2 Å². The van der Waals surface area contributed by atoms with Gasteiger partial charge in [0.1, 0.15) is 0 Å². The number of hydrogen-bond donors (Lipinski definition) is 2. The van der Waals surface area contributed by atoms with Crippen molar-refractivity contribution in [3.05, 3.63) is 5.56 Å². The van der Waals surface area contributed by atoms with E-state index in [0.717, 1.165) is 64.2 Å². The molecule has 0 amide bonds. The van der Waals surface area contributed by atoms with Crippen LogP contribution in [-0.4, -0.2) is 30.0 Å². The van der Waals surface area contributed by atoms with Gasteiger partial charge < -0.3 is 24.4 Å². The molecule has 0 saturated carbocycles. The van der Waals surface area contributed by atoms with Crippen molar-refractivity contribution in [3.63, 3.8) is 0 Å². The summed E-state index contributed by atoms with van der Waals surface area (Å²) in [6.07, 6.45) is 30.2. The topological polar surface area (TPSA) is 68.2 Å². The number of ether oxygens (including phenoxy) is 3. The third kappa shape index (κ3) is 18.3. The van der Waals surface area contributed by atoms with Gasteiger partial charge in [-0.25, -0.2) is 0 Å². The van der Waals surface area contributed by atoms with Crippen LogP contribution in [0.1, 0.15) is 194 Å². The third-order valence-electron chi connectivity index (χ3n) is 8.67. The quantitative estimate of drug-likeness (QED) is 0.0619. The first-order valence-electron chi connectivity index (χ1n) is 19.1. The normalized spacial score (nSPS) is 11.3. The molecule has 258 valence electrons. The van der Waals surface area contributed by atoms with E-state index in [9.17, 15) is 10.2 Å². The lowest BCUT2D eigenvalue weighted by atomic mass is 10.0. The fourth-order valence-electron chi connectivity index (χ4n) is 5.78. The second kappa shape index (κ2) is 28.7. The molecule has 0 atom stereocenters. The van der Waals surface area contributed by atoms with E-state index in [1.807, 2.05) is 0 Å². The predicted octanol–water partition coefficient (Wildman–Crippen LogP) is 12.6. The molecule has 0 aliphatic rings. The van der Waals surface area contributed by atoms with Crippen molar-refractivity contribution in [2.75, 3.05) is 19.8 Å². The molecule has 5 heteroatoms. The van der Waals surface area contributed by atoms with Gasteiger partial charge in [0.05, 0.1) is 19.8 Å². The molecule has 0 aliphatic heterocycles. The lowest BCUT2D eigenvalue weighted by Gasteiger charge is -2.22. The third-order valence-corrected chi connectivity index (χ3v) is 8.67. The molecule has 0 aliphatic carbocycles. The summed E-state index contributed by atoms with van der Waals surface area (Å²) in [5, 5.41) is 22.4. The fourth-order valence-corrected chi connectivity index (χ4v) is 5.78. The smallest absolute Gasteiger partial charge is 0.211 e. The molecule has 1 aromatic carbocycles. The van der Waals surface area contributed by atoms with Crippen LogP contribution in [0.15, 0.2) is 0 Å². The molecule has 2 N–H and O–H groups in total. The number of phenols is 2. The van der Waals surface area contributed by atoms with Crippen molar-refractivity contribution in [3.8, 4) is 28.7 Å². The Balaban J connectivity index is 3.04. The van der Waals surface area contributed by atoms with Gasteiger partial charge in [-0.15, -0.1) is 0 Å². The van der Waals surface area contributed by atoms with Crippen molar-refractivity contribution < 1.29 is 24.4 Å². The van der Waals surface area contributed by atoms with E-state index in [2.05, 4.69) is 27.7 Å². The summed E-state index contributed by atoms with van der Waals surface area (Å²) < 4.78 is 19.1. The van der Waals surface area contributed by atoms with Gasteiger partial charge in [0.25, 0.3) is 0 Å². The van der Waals surface area contributed by atoms with Gasteiger partial charge in [-0.2, -0.15) is 0 Å². The number of aromatic hydroxyl groups is 2.